The van der Waals surface area contributed by atoms with Gasteiger partial charge in [-0.25, -0.2) is 0 Å². The molecule has 1 heterocycles. The predicted octanol–water partition coefficient (Wildman–Crippen LogP) is 2.76. The second-order valence-corrected chi connectivity index (χ2v) is 5.93. The van der Waals surface area contributed by atoms with Gasteiger partial charge >= 0.3 is 0 Å². The highest BCUT2D eigenvalue weighted by atomic mass is 15.2. The molecule has 0 saturated carbocycles. The third kappa shape index (κ3) is 3.58. The van der Waals surface area contributed by atoms with Gasteiger partial charge in [0.2, 0.25) is 0 Å². The summed E-state index contributed by atoms with van der Waals surface area (Å²) in [5.41, 5.74) is 7.49. The Kier molecular flexibility index (Phi) is 5.00. The van der Waals surface area contributed by atoms with E-state index in [0.717, 1.165) is 13.1 Å². The number of rotatable bonds is 4. The summed E-state index contributed by atoms with van der Waals surface area (Å²) in [7, 11) is 0. The van der Waals surface area contributed by atoms with Crippen molar-refractivity contribution < 1.29 is 0 Å². The summed E-state index contributed by atoms with van der Waals surface area (Å²) in [6.45, 7) is 15.0. The molecule has 1 aromatic rings. The van der Waals surface area contributed by atoms with Gasteiger partial charge in [-0.2, -0.15) is 0 Å². The van der Waals surface area contributed by atoms with Crippen molar-refractivity contribution in [1.82, 2.24) is 10.2 Å². The Bertz CT molecular complexity index is 405. The van der Waals surface area contributed by atoms with Crippen LogP contribution in [-0.4, -0.2) is 37.6 Å². The Morgan fingerprint density at radius 2 is 1.58 bits per heavy atom. The van der Waals surface area contributed by atoms with Gasteiger partial charge in [-0.3, -0.25) is 0 Å². The van der Waals surface area contributed by atoms with Crippen LogP contribution in [0.3, 0.4) is 0 Å². The van der Waals surface area contributed by atoms with E-state index in [1.807, 2.05) is 0 Å². The first-order valence-corrected chi connectivity index (χ1v) is 7.59. The minimum atomic E-state index is 1.15. The van der Waals surface area contributed by atoms with Gasteiger partial charge in [0.1, 0.15) is 0 Å². The molecule has 1 aliphatic rings. The van der Waals surface area contributed by atoms with Crippen LogP contribution in [0.5, 0.6) is 0 Å². The number of piperazine rings is 1. The summed E-state index contributed by atoms with van der Waals surface area (Å²) in [6, 6.07) is 2.32. The van der Waals surface area contributed by atoms with E-state index >= 15 is 0 Å². The third-order valence-corrected chi connectivity index (χ3v) is 4.63. The maximum absolute atomic E-state index is 3.41. The van der Waals surface area contributed by atoms with E-state index in [4.69, 9.17) is 0 Å². The number of hydrogen-bond donors (Lipinski definition) is 1. The molecule has 2 heteroatoms. The maximum Gasteiger partial charge on any atom is 0.0107 e. The molecule has 1 fully saturated rings. The van der Waals surface area contributed by atoms with E-state index in [-0.39, 0.29) is 0 Å². The maximum atomic E-state index is 3.41. The number of aryl methyl sites for hydroxylation is 2. The summed E-state index contributed by atoms with van der Waals surface area (Å²) in [4.78, 5) is 2.59. The summed E-state index contributed by atoms with van der Waals surface area (Å²) in [5.74, 6) is 0. The Morgan fingerprint density at radius 1 is 1.00 bits per heavy atom. The van der Waals surface area contributed by atoms with E-state index in [2.05, 4.69) is 44.0 Å². The standard InChI is InChI=1S/C17H28N2/c1-13-12-14(2)16(4)17(15(13)3)6-5-9-19-10-7-18-8-11-19/h12,18H,5-11H2,1-4H3. The van der Waals surface area contributed by atoms with Crippen LogP contribution >= 0.6 is 0 Å². The van der Waals surface area contributed by atoms with Crippen molar-refractivity contribution in [2.24, 2.45) is 0 Å². The van der Waals surface area contributed by atoms with Crippen LogP contribution in [-0.2, 0) is 6.42 Å². The van der Waals surface area contributed by atoms with Gasteiger partial charge in [0.25, 0.3) is 0 Å². The molecule has 19 heavy (non-hydrogen) atoms. The summed E-state index contributed by atoms with van der Waals surface area (Å²) in [5, 5.41) is 3.41. The van der Waals surface area contributed by atoms with Crippen molar-refractivity contribution in [1.29, 1.82) is 0 Å². The van der Waals surface area contributed by atoms with E-state index < -0.39 is 0 Å². The number of nitrogens with zero attached hydrogens (tertiary/aromatic N) is 1. The first-order valence-electron chi connectivity index (χ1n) is 7.59. The van der Waals surface area contributed by atoms with E-state index in [1.54, 1.807) is 5.56 Å². The zero-order valence-corrected chi connectivity index (χ0v) is 13.0. The Hall–Kier alpha value is -0.860. The molecule has 1 aromatic carbocycles. The van der Waals surface area contributed by atoms with Crippen LogP contribution < -0.4 is 5.32 Å². The molecule has 1 N–H and O–H groups in total. The molecular weight excluding hydrogens is 232 g/mol. The van der Waals surface area contributed by atoms with Crippen LogP contribution in [0, 0.1) is 27.7 Å². The molecule has 0 amide bonds. The van der Waals surface area contributed by atoms with Crippen molar-refractivity contribution >= 4 is 0 Å². The molecule has 1 saturated heterocycles. The molecule has 0 radical (unpaired) electrons. The van der Waals surface area contributed by atoms with Gasteiger partial charge in [0.05, 0.1) is 0 Å². The van der Waals surface area contributed by atoms with Crippen molar-refractivity contribution in [2.75, 3.05) is 32.7 Å². The van der Waals surface area contributed by atoms with E-state index in [0.29, 0.717) is 0 Å². The van der Waals surface area contributed by atoms with Gasteiger partial charge < -0.3 is 10.2 Å². The highest BCUT2D eigenvalue weighted by molar-refractivity contribution is 5.44. The fourth-order valence-electron chi connectivity index (χ4n) is 3.09. The lowest BCUT2D eigenvalue weighted by Gasteiger charge is -2.27. The molecule has 1 aliphatic heterocycles. The average molecular weight is 260 g/mol. The first-order chi connectivity index (χ1) is 9.09. The predicted molar refractivity (Wildman–Crippen MR) is 83.0 cm³/mol. The van der Waals surface area contributed by atoms with E-state index in [9.17, 15) is 0 Å². The molecule has 0 aliphatic carbocycles. The topological polar surface area (TPSA) is 15.3 Å². The van der Waals surface area contributed by atoms with Crippen molar-refractivity contribution in [3.63, 3.8) is 0 Å². The molecule has 2 nitrogen and oxygen atoms in total. The average Bonchev–Trinajstić information content (AvgIpc) is 2.42. The number of nitrogens with one attached hydrogen (secondary N) is 1. The van der Waals surface area contributed by atoms with Gasteiger partial charge in [0.15, 0.2) is 0 Å². The Balaban J connectivity index is 1.95. The minimum absolute atomic E-state index is 1.15. The molecule has 0 atom stereocenters. The number of hydrogen-bond acceptors (Lipinski definition) is 2. The zero-order valence-electron chi connectivity index (χ0n) is 13.0. The second-order valence-electron chi connectivity index (χ2n) is 5.93. The van der Waals surface area contributed by atoms with Crippen molar-refractivity contribution in [3.8, 4) is 0 Å². The lowest BCUT2D eigenvalue weighted by Crippen LogP contribution is -2.43. The van der Waals surface area contributed by atoms with Crippen LogP contribution in [0.4, 0.5) is 0 Å². The minimum Gasteiger partial charge on any atom is -0.314 e. The van der Waals surface area contributed by atoms with Crippen LogP contribution in [0.15, 0.2) is 6.07 Å². The fourth-order valence-corrected chi connectivity index (χ4v) is 3.09. The van der Waals surface area contributed by atoms with Gasteiger partial charge in [-0.1, -0.05) is 6.07 Å². The van der Waals surface area contributed by atoms with Gasteiger partial charge in [-0.15, -0.1) is 0 Å². The lowest BCUT2D eigenvalue weighted by atomic mass is 9.91. The smallest absolute Gasteiger partial charge is 0.0107 e. The fraction of sp³-hybridized carbons (Fsp3) is 0.647. The summed E-state index contributed by atoms with van der Waals surface area (Å²) in [6.07, 6.45) is 2.51. The largest absolute Gasteiger partial charge is 0.314 e. The molecule has 0 unspecified atom stereocenters. The third-order valence-electron chi connectivity index (χ3n) is 4.63. The SMILES string of the molecule is Cc1cc(C)c(C)c(CCCN2CCNCC2)c1C. The zero-order chi connectivity index (χ0) is 13.8. The van der Waals surface area contributed by atoms with Crippen LogP contribution in [0.2, 0.25) is 0 Å². The van der Waals surface area contributed by atoms with Crippen molar-refractivity contribution in [3.05, 3.63) is 33.9 Å². The molecule has 0 spiro atoms. The second kappa shape index (κ2) is 6.53. The highest BCUT2D eigenvalue weighted by Gasteiger charge is 2.11. The molecular formula is C17H28N2. The molecule has 2 rings (SSSR count). The van der Waals surface area contributed by atoms with Gasteiger partial charge in [0, 0.05) is 26.2 Å². The Labute approximate surface area is 118 Å². The van der Waals surface area contributed by atoms with Crippen LogP contribution in [0.1, 0.15) is 34.2 Å². The highest BCUT2D eigenvalue weighted by Crippen LogP contribution is 2.22. The van der Waals surface area contributed by atoms with E-state index in [1.165, 1.54) is 54.7 Å². The molecule has 0 bridgehead atoms. The summed E-state index contributed by atoms with van der Waals surface area (Å²) < 4.78 is 0. The summed E-state index contributed by atoms with van der Waals surface area (Å²) >= 11 is 0. The molecule has 0 aromatic heterocycles. The van der Waals surface area contributed by atoms with Gasteiger partial charge in [-0.05, 0) is 74.9 Å². The molecule has 106 valence electrons. The number of benzene rings is 1. The van der Waals surface area contributed by atoms with Crippen molar-refractivity contribution in [2.45, 2.75) is 40.5 Å². The first kappa shape index (κ1) is 14.5. The Morgan fingerprint density at radius 3 is 2.16 bits per heavy atom. The lowest BCUT2D eigenvalue weighted by molar-refractivity contribution is 0.238. The quantitative estimate of drug-likeness (QED) is 0.895. The normalized spacial score (nSPS) is 16.8. The monoisotopic (exact) mass is 260 g/mol. The van der Waals surface area contributed by atoms with Crippen LogP contribution in [0.25, 0.3) is 0 Å².